The molecule has 0 spiro atoms. The van der Waals surface area contributed by atoms with E-state index in [1.54, 1.807) is 20.8 Å². The minimum atomic E-state index is -0.858. The highest BCUT2D eigenvalue weighted by Crippen LogP contribution is 2.23. The van der Waals surface area contributed by atoms with E-state index in [-0.39, 0.29) is 66.1 Å². The maximum Gasteiger partial charge on any atom is 0.333 e. The molecule has 0 radical (unpaired) electrons. The van der Waals surface area contributed by atoms with Crippen LogP contribution in [-0.2, 0) is 61.9 Å². The summed E-state index contributed by atoms with van der Waals surface area (Å²) in [5.74, 6) is -2.90. The molecule has 48 heavy (non-hydrogen) atoms. The smallest absolute Gasteiger partial charge is 0.333 e. The summed E-state index contributed by atoms with van der Waals surface area (Å²) < 4.78 is 37.5. The summed E-state index contributed by atoms with van der Waals surface area (Å²) in [7, 11) is 0. The molecule has 3 atom stereocenters. The van der Waals surface area contributed by atoms with Gasteiger partial charge in [0.25, 0.3) is 0 Å². The predicted octanol–water partition coefficient (Wildman–Crippen LogP) is 5.04. The van der Waals surface area contributed by atoms with Gasteiger partial charge < -0.3 is 33.2 Å². The topological polar surface area (TPSA) is 167 Å². The maximum absolute atomic E-state index is 12.7. The molecule has 0 amide bonds. The first-order valence-corrected chi connectivity index (χ1v) is 15.9. The van der Waals surface area contributed by atoms with Gasteiger partial charge in [-0.05, 0) is 65.7 Å². The second-order valence-electron chi connectivity index (χ2n) is 11.4. The lowest BCUT2D eigenvalue weighted by Crippen LogP contribution is -2.47. The molecular weight excluding hydrogens is 628 g/mol. The Bertz CT molecular complexity index is 1110. The van der Waals surface area contributed by atoms with Gasteiger partial charge >= 0.3 is 35.8 Å². The number of hydrogen-bond donors (Lipinski definition) is 0. The Labute approximate surface area is 284 Å². The molecule has 0 aromatic rings. The predicted molar refractivity (Wildman–Crippen MR) is 175 cm³/mol. The van der Waals surface area contributed by atoms with Crippen molar-refractivity contribution in [3.8, 4) is 0 Å². The summed E-state index contributed by atoms with van der Waals surface area (Å²) in [6.45, 7) is 15.6. The van der Waals surface area contributed by atoms with E-state index in [0.717, 1.165) is 0 Å². The Morgan fingerprint density at radius 2 is 0.958 bits per heavy atom. The highest BCUT2D eigenvalue weighted by atomic mass is 16.6. The molecule has 0 bridgehead atoms. The Morgan fingerprint density at radius 1 is 0.562 bits per heavy atom. The van der Waals surface area contributed by atoms with E-state index in [4.69, 9.17) is 33.2 Å². The first-order valence-electron chi connectivity index (χ1n) is 15.9. The highest BCUT2D eigenvalue weighted by Gasteiger charge is 2.37. The van der Waals surface area contributed by atoms with Crippen LogP contribution in [0.25, 0.3) is 0 Å². The second-order valence-corrected chi connectivity index (χ2v) is 11.4. The number of hydrogen-bond acceptors (Lipinski definition) is 13. The van der Waals surface area contributed by atoms with Crippen molar-refractivity contribution in [2.45, 2.75) is 117 Å². The van der Waals surface area contributed by atoms with Crippen LogP contribution in [0.5, 0.6) is 0 Å². The minimum absolute atomic E-state index is 0. The zero-order valence-corrected chi connectivity index (χ0v) is 28.0. The van der Waals surface area contributed by atoms with Crippen LogP contribution in [0.3, 0.4) is 0 Å². The number of rotatable bonds is 23. The molecule has 1 fully saturated rings. The molecular formula is C35H54O13. The van der Waals surface area contributed by atoms with Crippen molar-refractivity contribution in [1.29, 1.82) is 0 Å². The van der Waals surface area contributed by atoms with Crippen molar-refractivity contribution in [2.24, 2.45) is 0 Å². The third-order valence-electron chi connectivity index (χ3n) is 6.72. The lowest BCUT2D eigenvalue weighted by molar-refractivity contribution is -0.194. The molecule has 1 aliphatic rings. The zero-order chi connectivity index (χ0) is 35.2. The fraction of sp³-hybridized carbons (Fsp3) is 0.657. The standard InChI is InChI=1S/C34H50O13.CH4/c1-23(2)32(38)41-17-11-7-8-15-30(36)46-27-20-26(21-45-29(35)14-9-12-18-42-33(39)24(3)4)44-22-28(27)47-31(37)16-10-13-19-43-34(40)25(5)6;/h26-28H,1,3,5,7-22H2,2,4,6H3;1H4/t26?,27-,28+;/m0./s1. The number of ether oxygens (including phenoxy) is 7. The van der Waals surface area contributed by atoms with Gasteiger partial charge in [-0.3, -0.25) is 14.4 Å². The molecule has 0 aliphatic carbocycles. The molecule has 272 valence electrons. The van der Waals surface area contributed by atoms with Crippen LogP contribution in [0.4, 0.5) is 0 Å². The maximum atomic E-state index is 12.7. The summed E-state index contributed by atoms with van der Waals surface area (Å²) in [4.78, 5) is 71.8. The first-order chi connectivity index (χ1) is 22.3. The van der Waals surface area contributed by atoms with Crippen LogP contribution in [0, 0.1) is 0 Å². The summed E-state index contributed by atoms with van der Waals surface area (Å²) in [5.41, 5.74) is 0.907. The Kier molecular flexibility index (Phi) is 23.0. The van der Waals surface area contributed by atoms with Crippen LogP contribution < -0.4 is 0 Å². The van der Waals surface area contributed by atoms with Crippen molar-refractivity contribution >= 4 is 35.8 Å². The normalized spacial score (nSPS) is 16.7. The number of unbranched alkanes of at least 4 members (excludes halogenated alkanes) is 4. The van der Waals surface area contributed by atoms with E-state index < -0.39 is 54.1 Å². The van der Waals surface area contributed by atoms with Crippen molar-refractivity contribution in [3.63, 3.8) is 0 Å². The van der Waals surface area contributed by atoms with Gasteiger partial charge in [0.15, 0.2) is 6.10 Å². The van der Waals surface area contributed by atoms with E-state index in [1.807, 2.05) is 0 Å². The molecule has 1 unspecified atom stereocenters. The van der Waals surface area contributed by atoms with E-state index in [0.29, 0.717) is 61.7 Å². The van der Waals surface area contributed by atoms with Crippen molar-refractivity contribution in [3.05, 3.63) is 36.5 Å². The second kappa shape index (κ2) is 25.1. The zero-order valence-electron chi connectivity index (χ0n) is 28.0. The Morgan fingerprint density at radius 3 is 1.42 bits per heavy atom. The molecule has 0 aromatic heterocycles. The fourth-order valence-corrected chi connectivity index (χ4v) is 4.04. The average Bonchev–Trinajstić information content (AvgIpc) is 3.01. The van der Waals surface area contributed by atoms with Gasteiger partial charge in [0.2, 0.25) is 0 Å². The molecule has 1 heterocycles. The fourth-order valence-electron chi connectivity index (χ4n) is 4.04. The molecule has 1 rings (SSSR count). The van der Waals surface area contributed by atoms with Crippen LogP contribution in [-0.4, -0.2) is 87.2 Å². The molecule has 0 N–H and O–H groups in total. The van der Waals surface area contributed by atoms with Gasteiger partial charge in [-0.1, -0.05) is 27.2 Å². The molecule has 1 aliphatic heterocycles. The first kappa shape index (κ1) is 44.0. The van der Waals surface area contributed by atoms with E-state index in [1.165, 1.54) is 0 Å². The van der Waals surface area contributed by atoms with Crippen molar-refractivity contribution in [1.82, 2.24) is 0 Å². The van der Waals surface area contributed by atoms with E-state index >= 15 is 0 Å². The third-order valence-corrected chi connectivity index (χ3v) is 6.72. The number of esters is 6. The largest absolute Gasteiger partial charge is 0.463 e. The van der Waals surface area contributed by atoms with Gasteiger partial charge in [0.05, 0.1) is 32.5 Å². The van der Waals surface area contributed by atoms with Gasteiger partial charge in [0.1, 0.15) is 12.7 Å². The Balaban J connectivity index is 0.0000221. The molecule has 0 aromatic carbocycles. The third kappa shape index (κ3) is 20.3. The Hall–Kier alpha value is -4.00. The quantitative estimate of drug-likeness (QED) is 0.0609. The summed E-state index contributed by atoms with van der Waals surface area (Å²) in [5, 5.41) is 0. The van der Waals surface area contributed by atoms with Crippen LogP contribution >= 0.6 is 0 Å². The molecule has 13 nitrogen and oxygen atoms in total. The van der Waals surface area contributed by atoms with E-state index in [9.17, 15) is 28.8 Å². The minimum Gasteiger partial charge on any atom is -0.463 e. The van der Waals surface area contributed by atoms with Gasteiger partial charge in [-0.15, -0.1) is 0 Å². The highest BCUT2D eigenvalue weighted by molar-refractivity contribution is 5.87. The molecule has 1 saturated heterocycles. The monoisotopic (exact) mass is 682 g/mol. The molecule has 0 saturated carbocycles. The molecule has 13 heteroatoms. The van der Waals surface area contributed by atoms with Crippen LogP contribution in [0.15, 0.2) is 36.5 Å². The van der Waals surface area contributed by atoms with Gasteiger partial charge in [-0.25, -0.2) is 14.4 Å². The lowest BCUT2D eigenvalue weighted by Gasteiger charge is -2.35. The number of carbonyl (C=O) groups excluding carboxylic acids is 6. The van der Waals surface area contributed by atoms with E-state index in [2.05, 4.69) is 19.7 Å². The SMILES string of the molecule is C.C=C(C)C(=O)OCCCCCC(=O)O[C@H]1CC(COC(=O)CCCCOC(=O)C(=C)C)OC[C@H]1OC(=O)CCCCOC(=O)C(=C)C. The van der Waals surface area contributed by atoms with Crippen molar-refractivity contribution < 1.29 is 61.9 Å². The van der Waals surface area contributed by atoms with Crippen LogP contribution in [0.2, 0.25) is 0 Å². The summed E-state index contributed by atoms with van der Waals surface area (Å²) >= 11 is 0. The summed E-state index contributed by atoms with van der Waals surface area (Å²) in [6, 6.07) is 0. The number of carbonyl (C=O) groups is 6. The van der Waals surface area contributed by atoms with Gasteiger partial charge in [0, 0.05) is 42.4 Å². The lowest BCUT2D eigenvalue weighted by atomic mass is 10.0. The average molecular weight is 683 g/mol. The van der Waals surface area contributed by atoms with Gasteiger partial charge in [-0.2, -0.15) is 0 Å². The summed E-state index contributed by atoms with van der Waals surface area (Å²) in [6.07, 6.45) is 1.67. The van der Waals surface area contributed by atoms with Crippen molar-refractivity contribution in [2.75, 3.05) is 33.0 Å². The van der Waals surface area contributed by atoms with Crippen LogP contribution in [0.1, 0.15) is 98.8 Å².